The molecule has 0 unspecified atom stereocenters. The number of carbonyl (C=O) groups excluding carboxylic acids is 1. The molecule has 0 aliphatic carbocycles. The SMILES string of the molecule is CC(C)(CCC(=O)O)NC(=O)c1nn(-c2ccccc2)cc1O. The van der Waals surface area contributed by atoms with Crippen molar-refractivity contribution in [3.63, 3.8) is 0 Å². The lowest BCUT2D eigenvalue weighted by molar-refractivity contribution is -0.137. The molecular formula is C16H19N3O4. The van der Waals surface area contributed by atoms with E-state index in [9.17, 15) is 14.7 Å². The molecule has 7 heteroatoms. The van der Waals surface area contributed by atoms with Crippen molar-refractivity contribution in [3.05, 3.63) is 42.2 Å². The molecule has 122 valence electrons. The molecule has 0 atom stereocenters. The third-order valence-electron chi connectivity index (χ3n) is 3.35. The van der Waals surface area contributed by atoms with E-state index in [1.165, 1.54) is 10.9 Å². The third kappa shape index (κ3) is 4.32. The van der Waals surface area contributed by atoms with Gasteiger partial charge in [0.2, 0.25) is 0 Å². The molecule has 23 heavy (non-hydrogen) atoms. The molecule has 7 nitrogen and oxygen atoms in total. The lowest BCUT2D eigenvalue weighted by atomic mass is 9.98. The fraction of sp³-hybridized carbons (Fsp3) is 0.312. The first kappa shape index (κ1) is 16.5. The Morgan fingerprint density at radius 1 is 1.26 bits per heavy atom. The Morgan fingerprint density at radius 2 is 1.91 bits per heavy atom. The molecule has 1 aromatic heterocycles. The maximum absolute atomic E-state index is 12.3. The Bertz CT molecular complexity index is 707. The number of hydrogen-bond donors (Lipinski definition) is 3. The number of nitrogens with zero attached hydrogens (tertiary/aromatic N) is 2. The smallest absolute Gasteiger partial charge is 0.303 e. The fourth-order valence-electron chi connectivity index (χ4n) is 2.09. The Hall–Kier alpha value is -2.83. The molecule has 2 rings (SSSR count). The minimum absolute atomic E-state index is 0.0578. The predicted molar refractivity (Wildman–Crippen MR) is 83.6 cm³/mol. The number of carboxylic acid groups (broad SMARTS) is 1. The molecule has 0 bridgehead atoms. The number of nitrogens with one attached hydrogen (secondary N) is 1. The van der Waals surface area contributed by atoms with Gasteiger partial charge in [0.05, 0.1) is 11.9 Å². The van der Waals surface area contributed by atoms with Gasteiger partial charge in [-0.1, -0.05) is 18.2 Å². The number of carbonyl (C=O) groups is 2. The number of aliphatic carboxylic acids is 1. The number of aromatic nitrogens is 2. The molecule has 0 spiro atoms. The molecule has 0 saturated heterocycles. The number of carboxylic acids is 1. The van der Waals surface area contributed by atoms with Gasteiger partial charge in [-0.05, 0) is 32.4 Å². The summed E-state index contributed by atoms with van der Waals surface area (Å²) in [7, 11) is 0. The topological polar surface area (TPSA) is 104 Å². The van der Waals surface area contributed by atoms with Crippen LogP contribution in [-0.4, -0.2) is 37.4 Å². The first-order valence-electron chi connectivity index (χ1n) is 7.17. The second-order valence-electron chi connectivity index (χ2n) is 5.87. The highest BCUT2D eigenvalue weighted by Gasteiger charge is 2.25. The Labute approximate surface area is 133 Å². The van der Waals surface area contributed by atoms with Gasteiger partial charge in [-0.25, -0.2) is 4.68 Å². The first-order valence-corrected chi connectivity index (χ1v) is 7.17. The van der Waals surface area contributed by atoms with Crippen molar-refractivity contribution in [2.24, 2.45) is 0 Å². The van der Waals surface area contributed by atoms with Gasteiger partial charge in [-0.15, -0.1) is 0 Å². The van der Waals surface area contributed by atoms with Crippen LogP contribution in [-0.2, 0) is 4.79 Å². The van der Waals surface area contributed by atoms with E-state index in [4.69, 9.17) is 5.11 Å². The van der Waals surface area contributed by atoms with E-state index in [2.05, 4.69) is 10.4 Å². The molecule has 0 radical (unpaired) electrons. The maximum atomic E-state index is 12.3. The number of hydrogen-bond acceptors (Lipinski definition) is 4. The number of rotatable bonds is 6. The van der Waals surface area contributed by atoms with Crippen molar-refractivity contribution in [2.45, 2.75) is 32.2 Å². The summed E-state index contributed by atoms with van der Waals surface area (Å²) in [5.41, 5.74) is -0.109. The van der Waals surface area contributed by atoms with Gasteiger partial charge in [-0.3, -0.25) is 9.59 Å². The van der Waals surface area contributed by atoms with Crippen molar-refractivity contribution in [1.82, 2.24) is 15.1 Å². The van der Waals surface area contributed by atoms with Crippen molar-refractivity contribution in [2.75, 3.05) is 0 Å². The molecule has 1 aromatic carbocycles. The molecule has 1 amide bonds. The number of para-hydroxylation sites is 1. The number of benzene rings is 1. The molecular weight excluding hydrogens is 298 g/mol. The van der Waals surface area contributed by atoms with Gasteiger partial charge in [0.25, 0.3) is 5.91 Å². The second kappa shape index (κ2) is 6.51. The highest BCUT2D eigenvalue weighted by Crippen LogP contribution is 2.20. The van der Waals surface area contributed by atoms with Crippen LogP contribution in [0.5, 0.6) is 5.75 Å². The Balaban J connectivity index is 2.14. The summed E-state index contributed by atoms with van der Waals surface area (Å²) in [6, 6.07) is 9.09. The van der Waals surface area contributed by atoms with E-state index in [0.29, 0.717) is 5.69 Å². The normalized spacial score (nSPS) is 11.2. The van der Waals surface area contributed by atoms with Crippen molar-refractivity contribution in [3.8, 4) is 11.4 Å². The Kier molecular flexibility index (Phi) is 4.68. The quantitative estimate of drug-likeness (QED) is 0.755. The molecule has 0 aliphatic rings. The fourth-order valence-corrected chi connectivity index (χ4v) is 2.09. The lowest BCUT2D eigenvalue weighted by Crippen LogP contribution is -2.43. The van der Waals surface area contributed by atoms with Gasteiger partial charge in [0.1, 0.15) is 0 Å². The lowest BCUT2D eigenvalue weighted by Gasteiger charge is -2.25. The van der Waals surface area contributed by atoms with Crippen LogP contribution in [0.15, 0.2) is 36.5 Å². The van der Waals surface area contributed by atoms with Crippen LogP contribution in [0.2, 0.25) is 0 Å². The van der Waals surface area contributed by atoms with Crippen LogP contribution in [0, 0.1) is 0 Å². The monoisotopic (exact) mass is 317 g/mol. The molecule has 0 saturated carbocycles. The van der Waals surface area contributed by atoms with E-state index in [0.717, 1.165) is 0 Å². The van der Waals surface area contributed by atoms with Crippen LogP contribution >= 0.6 is 0 Å². The van der Waals surface area contributed by atoms with Crippen molar-refractivity contribution in [1.29, 1.82) is 0 Å². The third-order valence-corrected chi connectivity index (χ3v) is 3.35. The maximum Gasteiger partial charge on any atom is 0.303 e. The number of amides is 1. The van der Waals surface area contributed by atoms with Crippen LogP contribution in [0.3, 0.4) is 0 Å². The molecule has 3 N–H and O–H groups in total. The Morgan fingerprint density at radius 3 is 2.52 bits per heavy atom. The minimum atomic E-state index is -0.927. The number of aromatic hydroxyl groups is 1. The average Bonchev–Trinajstić information content (AvgIpc) is 2.88. The standard InChI is InChI=1S/C16H19N3O4/c1-16(2,9-8-13(21)22)17-15(23)14-12(20)10-19(18-14)11-6-4-3-5-7-11/h3-7,10,20H,8-9H2,1-2H3,(H,17,23)(H,21,22). The average molecular weight is 317 g/mol. The van der Waals surface area contributed by atoms with Gasteiger partial charge in [0.15, 0.2) is 11.4 Å². The highest BCUT2D eigenvalue weighted by molar-refractivity contribution is 5.95. The van der Waals surface area contributed by atoms with Crippen LogP contribution in [0.25, 0.3) is 5.69 Å². The van der Waals surface area contributed by atoms with Crippen LogP contribution < -0.4 is 5.32 Å². The van der Waals surface area contributed by atoms with Crippen LogP contribution in [0.4, 0.5) is 0 Å². The summed E-state index contributed by atoms with van der Waals surface area (Å²) in [5, 5.41) is 25.5. The zero-order valence-corrected chi connectivity index (χ0v) is 13.0. The van der Waals surface area contributed by atoms with Gasteiger partial charge < -0.3 is 15.5 Å². The van der Waals surface area contributed by atoms with Crippen molar-refractivity contribution >= 4 is 11.9 Å². The minimum Gasteiger partial charge on any atom is -0.504 e. The summed E-state index contributed by atoms with van der Waals surface area (Å²) in [6.07, 6.45) is 1.57. The summed E-state index contributed by atoms with van der Waals surface area (Å²) in [4.78, 5) is 22.9. The van der Waals surface area contributed by atoms with Crippen molar-refractivity contribution < 1.29 is 19.8 Å². The van der Waals surface area contributed by atoms with Gasteiger partial charge in [-0.2, -0.15) is 5.10 Å². The molecule has 0 fully saturated rings. The second-order valence-corrected chi connectivity index (χ2v) is 5.87. The van der Waals surface area contributed by atoms with E-state index in [1.807, 2.05) is 18.2 Å². The van der Waals surface area contributed by atoms with E-state index in [-0.39, 0.29) is 24.3 Å². The van der Waals surface area contributed by atoms with Gasteiger partial charge >= 0.3 is 5.97 Å². The largest absolute Gasteiger partial charge is 0.504 e. The summed E-state index contributed by atoms with van der Waals surface area (Å²) in [5.74, 6) is -1.71. The predicted octanol–water partition coefficient (Wildman–Crippen LogP) is 1.95. The summed E-state index contributed by atoms with van der Waals surface area (Å²) < 4.78 is 1.41. The van der Waals surface area contributed by atoms with E-state index in [1.54, 1.807) is 26.0 Å². The first-order chi connectivity index (χ1) is 10.8. The van der Waals surface area contributed by atoms with E-state index < -0.39 is 17.4 Å². The van der Waals surface area contributed by atoms with Gasteiger partial charge in [0, 0.05) is 12.0 Å². The molecule has 0 aliphatic heterocycles. The van der Waals surface area contributed by atoms with Crippen LogP contribution in [0.1, 0.15) is 37.2 Å². The highest BCUT2D eigenvalue weighted by atomic mass is 16.4. The molecule has 1 heterocycles. The zero-order valence-electron chi connectivity index (χ0n) is 13.0. The van der Waals surface area contributed by atoms with E-state index >= 15 is 0 Å². The molecule has 2 aromatic rings. The summed E-state index contributed by atoms with van der Waals surface area (Å²) in [6.45, 7) is 3.44. The zero-order chi connectivity index (χ0) is 17.0. The summed E-state index contributed by atoms with van der Waals surface area (Å²) >= 11 is 0.